The zero-order valence-corrected chi connectivity index (χ0v) is 11.2. The van der Waals surface area contributed by atoms with Gasteiger partial charge in [0.15, 0.2) is 0 Å². The highest BCUT2D eigenvalue weighted by Gasteiger charge is 2.29. The Hall–Kier alpha value is -1.25. The van der Waals surface area contributed by atoms with Gasteiger partial charge in [-0.1, -0.05) is 54.1 Å². The maximum atomic E-state index is 10.6. The van der Waals surface area contributed by atoms with Crippen molar-refractivity contribution < 1.29 is 5.11 Å². The number of thioether (sulfide) groups is 1. The summed E-state index contributed by atoms with van der Waals surface area (Å²) in [5, 5.41) is 10.7. The SMILES string of the molecule is Cc1ccc2c(c1)C(O)C(c1ccccc1)SC2. The van der Waals surface area contributed by atoms with E-state index in [1.165, 1.54) is 16.7 Å². The van der Waals surface area contributed by atoms with Crippen molar-refractivity contribution in [2.75, 3.05) is 0 Å². The summed E-state index contributed by atoms with van der Waals surface area (Å²) in [5.74, 6) is 0.978. The van der Waals surface area contributed by atoms with Crippen molar-refractivity contribution in [2.45, 2.75) is 24.0 Å². The third-order valence-electron chi connectivity index (χ3n) is 3.45. The third-order valence-corrected chi connectivity index (χ3v) is 4.82. The quantitative estimate of drug-likeness (QED) is 0.831. The Labute approximate surface area is 112 Å². The van der Waals surface area contributed by atoms with E-state index in [1.807, 2.05) is 30.0 Å². The number of hydrogen-bond donors (Lipinski definition) is 1. The maximum Gasteiger partial charge on any atom is 0.0952 e. The topological polar surface area (TPSA) is 20.2 Å². The van der Waals surface area contributed by atoms with Gasteiger partial charge in [0.1, 0.15) is 0 Å². The molecule has 2 atom stereocenters. The Morgan fingerprint density at radius 2 is 1.89 bits per heavy atom. The van der Waals surface area contributed by atoms with Crippen molar-refractivity contribution in [3.05, 3.63) is 70.8 Å². The first-order chi connectivity index (χ1) is 8.75. The first-order valence-electron chi connectivity index (χ1n) is 6.20. The van der Waals surface area contributed by atoms with Crippen LogP contribution in [0.3, 0.4) is 0 Å². The molecule has 0 aromatic heterocycles. The summed E-state index contributed by atoms with van der Waals surface area (Å²) in [6.07, 6.45) is -0.402. The number of benzene rings is 2. The summed E-state index contributed by atoms with van der Waals surface area (Å²) >= 11 is 1.82. The van der Waals surface area contributed by atoms with Gasteiger partial charge in [-0.25, -0.2) is 0 Å². The van der Waals surface area contributed by atoms with Crippen LogP contribution >= 0.6 is 11.8 Å². The molecule has 1 aliphatic rings. The molecule has 3 rings (SSSR count). The number of aliphatic hydroxyl groups excluding tert-OH is 1. The molecule has 0 radical (unpaired) electrons. The lowest BCUT2D eigenvalue weighted by atomic mass is 9.95. The van der Waals surface area contributed by atoms with Crippen LogP contribution in [0.2, 0.25) is 0 Å². The number of rotatable bonds is 1. The highest BCUT2D eigenvalue weighted by Crippen LogP contribution is 2.47. The average molecular weight is 256 g/mol. The lowest BCUT2D eigenvalue weighted by Crippen LogP contribution is -2.15. The second kappa shape index (κ2) is 4.79. The number of hydrogen-bond acceptors (Lipinski definition) is 2. The smallest absolute Gasteiger partial charge is 0.0952 e. The molecule has 1 heterocycles. The first kappa shape index (κ1) is 11.8. The fraction of sp³-hybridized carbons (Fsp3) is 0.250. The summed E-state index contributed by atoms with van der Waals surface area (Å²) < 4.78 is 0. The normalized spacial score (nSPS) is 22.6. The molecular weight excluding hydrogens is 240 g/mol. The van der Waals surface area contributed by atoms with Crippen LogP contribution in [-0.2, 0) is 5.75 Å². The standard InChI is InChI=1S/C16H16OS/c1-11-7-8-13-10-18-16(15(17)14(13)9-11)12-5-3-2-4-6-12/h2-9,15-17H,10H2,1H3. The van der Waals surface area contributed by atoms with Crippen LogP contribution in [0.4, 0.5) is 0 Å². The van der Waals surface area contributed by atoms with Gasteiger partial charge in [0.05, 0.1) is 11.4 Å². The van der Waals surface area contributed by atoms with E-state index in [-0.39, 0.29) is 5.25 Å². The van der Waals surface area contributed by atoms with Crippen LogP contribution in [0.5, 0.6) is 0 Å². The monoisotopic (exact) mass is 256 g/mol. The molecule has 0 saturated heterocycles. The number of aryl methyl sites for hydroxylation is 1. The van der Waals surface area contributed by atoms with Crippen LogP contribution in [0.1, 0.15) is 33.6 Å². The van der Waals surface area contributed by atoms with Gasteiger partial charge in [0, 0.05) is 5.75 Å². The molecule has 18 heavy (non-hydrogen) atoms. The fourth-order valence-corrected chi connectivity index (χ4v) is 3.78. The van der Waals surface area contributed by atoms with Gasteiger partial charge in [-0.3, -0.25) is 0 Å². The second-order valence-corrected chi connectivity index (χ2v) is 5.92. The van der Waals surface area contributed by atoms with Gasteiger partial charge >= 0.3 is 0 Å². The molecular formula is C16H16OS. The average Bonchev–Trinajstić information content (AvgIpc) is 2.41. The molecule has 0 fully saturated rings. The molecule has 0 saturated carbocycles. The fourth-order valence-electron chi connectivity index (χ4n) is 2.48. The van der Waals surface area contributed by atoms with Gasteiger partial charge < -0.3 is 5.11 Å². The molecule has 0 aliphatic carbocycles. The molecule has 2 heteroatoms. The van der Waals surface area contributed by atoms with Crippen molar-refractivity contribution in [1.82, 2.24) is 0 Å². The van der Waals surface area contributed by atoms with E-state index in [1.54, 1.807) is 0 Å². The molecule has 2 aromatic rings. The summed E-state index contributed by atoms with van der Waals surface area (Å²) in [6, 6.07) is 16.7. The molecule has 1 aliphatic heterocycles. The lowest BCUT2D eigenvalue weighted by Gasteiger charge is -2.30. The van der Waals surface area contributed by atoms with Crippen molar-refractivity contribution in [3.63, 3.8) is 0 Å². The summed E-state index contributed by atoms with van der Waals surface area (Å²) in [6.45, 7) is 2.08. The number of fused-ring (bicyclic) bond motifs is 1. The highest BCUT2D eigenvalue weighted by molar-refractivity contribution is 7.98. The Bertz CT molecular complexity index is 550. The molecule has 0 bridgehead atoms. The van der Waals surface area contributed by atoms with Gasteiger partial charge in [-0.2, -0.15) is 0 Å². The Morgan fingerprint density at radius 1 is 1.11 bits per heavy atom. The molecule has 0 spiro atoms. The van der Waals surface area contributed by atoms with E-state index in [4.69, 9.17) is 0 Å². The largest absolute Gasteiger partial charge is 0.387 e. The van der Waals surface area contributed by atoms with Gasteiger partial charge in [-0.05, 0) is 23.6 Å². The van der Waals surface area contributed by atoms with E-state index in [9.17, 15) is 5.11 Å². The summed E-state index contributed by atoms with van der Waals surface area (Å²) in [4.78, 5) is 0. The van der Waals surface area contributed by atoms with Crippen molar-refractivity contribution in [3.8, 4) is 0 Å². The zero-order chi connectivity index (χ0) is 12.5. The summed E-state index contributed by atoms with van der Waals surface area (Å²) in [5.41, 5.74) is 4.79. The number of aliphatic hydroxyl groups is 1. The van der Waals surface area contributed by atoms with Gasteiger partial charge in [0.25, 0.3) is 0 Å². The Kier molecular flexibility index (Phi) is 3.14. The molecule has 2 unspecified atom stereocenters. The van der Waals surface area contributed by atoms with Gasteiger partial charge in [0.2, 0.25) is 0 Å². The third kappa shape index (κ3) is 2.06. The van der Waals surface area contributed by atoms with E-state index in [0.717, 1.165) is 11.3 Å². The molecule has 92 valence electrons. The minimum atomic E-state index is -0.402. The minimum Gasteiger partial charge on any atom is -0.387 e. The molecule has 2 aromatic carbocycles. The van der Waals surface area contributed by atoms with Crippen LogP contribution in [0.25, 0.3) is 0 Å². The maximum absolute atomic E-state index is 10.6. The Balaban J connectivity index is 1.99. The Morgan fingerprint density at radius 3 is 2.67 bits per heavy atom. The van der Waals surface area contributed by atoms with E-state index >= 15 is 0 Å². The summed E-state index contributed by atoms with van der Waals surface area (Å²) in [7, 11) is 0. The predicted molar refractivity (Wildman–Crippen MR) is 76.6 cm³/mol. The molecule has 0 amide bonds. The first-order valence-corrected chi connectivity index (χ1v) is 7.24. The van der Waals surface area contributed by atoms with E-state index in [0.29, 0.717) is 0 Å². The highest BCUT2D eigenvalue weighted by atomic mass is 32.2. The predicted octanol–water partition coefficient (Wildman–Crippen LogP) is 4.02. The molecule has 1 N–H and O–H groups in total. The van der Waals surface area contributed by atoms with Gasteiger partial charge in [-0.15, -0.1) is 11.8 Å². The zero-order valence-electron chi connectivity index (χ0n) is 10.3. The van der Waals surface area contributed by atoms with Crippen molar-refractivity contribution in [2.24, 2.45) is 0 Å². The van der Waals surface area contributed by atoms with E-state index in [2.05, 4.69) is 37.3 Å². The van der Waals surface area contributed by atoms with Crippen molar-refractivity contribution >= 4 is 11.8 Å². The van der Waals surface area contributed by atoms with Crippen LogP contribution in [-0.4, -0.2) is 5.11 Å². The lowest BCUT2D eigenvalue weighted by molar-refractivity contribution is 0.172. The van der Waals surface area contributed by atoms with Crippen LogP contribution in [0.15, 0.2) is 48.5 Å². The second-order valence-electron chi connectivity index (χ2n) is 4.79. The van der Waals surface area contributed by atoms with Crippen LogP contribution in [0, 0.1) is 6.92 Å². The molecule has 1 nitrogen and oxygen atoms in total. The van der Waals surface area contributed by atoms with Crippen LogP contribution < -0.4 is 0 Å². The van der Waals surface area contributed by atoms with E-state index < -0.39 is 6.10 Å². The van der Waals surface area contributed by atoms with Crippen molar-refractivity contribution in [1.29, 1.82) is 0 Å². The minimum absolute atomic E-state index is 0.153.